The summed E-state index contributed by atoms with van der Waals surface area (Å²) in [5.74, 6) is -1.88. The Kier molecular flexibility index (Phi) is 3.96. The molecule has 1 aliphatic rings. The number of rotatable bonds is 4. The average molecular weight is 316 g/mol. The van der Waals surface area contributed by atoms with E-state index >= 15 is 0 Å². The number of carbonyl (C=O) groups excluding carboxylic acids is 2. The summed E-state index contributed by atoms with van der Waals surface area (Å²) in [6, 6.07) is 4.21. The van der Waals surface area contributed by atoms with Crippen molar-refractivity contribution >= 4 is 27.8 Å². The summed E-state index contributed by atoms with van der Waals surface area (Å²) in [7, 11) is 0. The van der Waals surface area contributed by atoms with Crippen molar-refractivity contribution in [1.82, 2.24) is 5.32 Å². The smallest absolute Gasteiger partial charge is 0.341 e. The fourth-order valence-corrected chi connectivity index (χ4v) is 1.69. The fourth-order valence-electron chi connectivity index (χ4n) is 1.36. The maximum absolute atomic E-state index is 13.4. The molecule has 0 atom stereocenters. The first kappa shape index (κ1) is 13.0. The van der Waals surface area contributed by atoms with Crippen molar-refractivity contribution in [1.29, 1.82) is 0 Å². The minimum atomic E-state index is -0.842. The second-order valence-corrected chi connectivity index (χ2v) is 4.96. The van der Waals surface area contributed by atoms with Gasteiger partial charge in [0.25, 0.3) is 5.91 Å². The van der Waals surface area contributed by atoms with Crippen molar-refractivity contribution in [2.24, 2.45) is 0 Å². The van der Waals surface area contributed by atoms with Gasteiger partial charge in [0.2, 0.25) is 0 Å². The molecule has 0 radical (unpaired) electrons. The monoisotopic (exact) mass is 315 g/mol. The number of hydrogen-bond donors (Lipinski definition) is 1. The fraction of sp³-hybridized carbons (Fsp3) is 0.333. The standard InChI is InChI=1S/C12H11BrFNO3/c13-7-1-4-9(10(14)5-7)12(17)18-6-11(16)15-8-2-3-8/h1,4-5,8H,2-3,6H2,(H,15,16). The van der Waals surface area contributed by atoms with Crippen LogP contribution in [0.4, 0.5) is 4.39 Å². The largest absolute Gasteiger partial charge is 0.452 e. The normalized spacial score (nSPS) is 14.1. The Balaban J connectivity index is 1.88. The van der Waals surface area contributed by atoms with Crippen LogP contribution in [0, 0.1) is 5.82 Å². The first-order chi connectivity index (χ1) is 8.56. The van der Waals surface area contributed by atoms with Crippen LogP contribution in [0.3, 0.4) is 0 Å². The molecule has 1 aromatic rings. The highest BCUT2D eigenvalue weighted by molar-refractivity contribution is 9.10. The Bertz CT molecular complexity index is 488. The lowest BCUT2D eigenvalue weighted by molar-refractivity contribution is -0.124. The number of benzene rings is 1. The predicted molar refractivity (Wildman–Crippen MR) is 65.5 cm³/mol. The van der Waals surface area contributed by atoms with Gasteiger partial charge in [-0.3, -0.25) is 4.79 Å². The number of nitrogens with one attached hydrogen (secondary N) is 1. The minimum Gasteiger partial charge on any atom is -0.452 e. The number of ether oxygens (including phenoxy) is 1. The Morgan fingerprint density at radius 3 is 2.78 bits per heavy atom. The van der Waals surface area contributed by atoms with E-state index < -0.39 is 11.8 Å². The zero-order valence-electron chi connectivity index (χ0n) is 9.41. The summed E-state index contributed by atoms with van der Waals surface area (Å²) in [5.41, 5.74) is -0.183. The average Bonchev–Trinajstić information content (AvgIpc) is 3.10. The number of halogens is 2. The Hall–Kier alpha value is -1.43. The molecule has 1 aliphatic carbocycles. The maximum atomic E-state index is 13.4. The van der Waals surface area contributed by atoms with E-state index in [4.69, 9.17) is 4.74 Å². The molecule has 2 rings (SSSR count). The van der Waals surface area contributed by atoms with Crippen LogP contribution in [0.25, 0.3) is 0 Å². The zero-order chi connectivity index (χ0) is 13.1. The van der Waals surface area contributed by atoms with Gasteiger partial charge < -0.3 is 10.1 Å². The molecule has 0 aromatic heterocycles. The highest BCUT2D eigenvalue weighted by atomic mass is 79.9. The minimum absolute atomic E-state index is 0.183. The molecule has 1 saturated carbocycles. The van der Waals surface area contributed by atoms with Gasteiger partial charge in [-0.1, -0.05) is 15.9 Å². The quantitative estimate of drug-likeness (QED) is 0.865. The van der Waals surface area contributed by atoms with Gasteiger partial charge in [0.1, 0.15) is 5.82 Å². The van der Waals surface area contributed by atoms with Crippen molar-refractivity contribution in [3.05, 3.63) is 34.1 Å². The van der Waals surface area contributed by atoms with E-state index in [-0.39, 0.29) is 24.1 Å². The second kappa shape index (κ2) is 5.48. The molecule has 0 aliphatic heterocycles. The molecule has 1 fully saturated rings. The molecular weight excluding hydrogens is 305 g/mol. The van der Waals surface area contributed by atoms with E-state index in [9.17, 15) is 14.0 Å². The van der Waals surface area contributed by atoms with Crippen LogP contribution >= 0.6 is 15.9 Å². The van der Waals surface area contributed by atoms with E-state index in [1.807, 2.05) is 0 Å². The summed E-state index contributed by atoms with van der Waals surface area (Å²) in [6.07, 6.45) is 1.92. The van der Waals surface area contributed by atoms with Gasteiger partial charge in [0.15, 0.2) is 6.61 Å². The third-order valence-electron chi connectivity index (χ3n) is 2.43. The van der Waals surface area contributed by atoms with Crippen molar-refractivity contribution in [2.45, 2.75) is 18.9 Å². The van der Waals surface area contributed by atoms with Crippen molar-refractivity contribution in [2.75, 3.05) is 6.61 Å². The van der Waals surface area contributed by atoms with Crippen LogP contribution in [0.15, 0.2) is 22.7 Å². The summed E-state index contributed by atoms with van der Waals surface area (Å²) in [5, 5.41) is 2.67. The molecule has 0 heterocycles. The SMILES string of the molecule is O=C(COC(=O)c1ccc(Br)cc1F)NC1CC1. The molecule has 0 saturated heterocycles. The molecule has 1 aromatic carbocycles. The predicted octanol–water partition coefficient (Wildman–Crippen LogP) is 2.02. The number of amides is 1. The van der Waals surface area contributed by atoms with E-state index in [1.54, 1.807) is 0 Å². The van der Waals surface area contributed by atoms with Crippen molar-refractivity contribution in [3.8, 4) is 0 Å². The van der Waals surface area contributed by atoms with Crippen molar-refractivity contribution < 1.29 is 18.7 Å². The maximum Gasteiger partial charge on any atom is 0.341 e. The number of hydrogen-bond acceptors (Lipinski definition) is 3. The van der Waals surface area contributed by atoms with Crippen LogP contribution in [-0.2, 0) is 9.53 Å². The van der Waals surface area contributed by atoms with Gasteiger partial charge in [-0.25, -0.2) is 9.18 Å². The van der Waals surface area contributed by atoms with Crippen LogP contribution in [0.5, 0.6) is 0 Å². The Labute approximate surface area is 112 Å². The Morgan fingerprint density at radius 1 is 1.44 bits per heavy atom. The molecule has 0 spiro atoms. The molecule has 4 nitrogen and oxygen atoms in total. The van der Waals surface area contributed by atoms with Gasteiger partial charge in [-0.05, 0) is 31.0 Å². The summed E-state index contributed by atoms with van der Waals surface area (Å²) in [4.78, 5) is 22.8. The second-order valence-electron chi connectivity index (χ2n) is 4.04. The molecular formula is C12H11BrFNO3. The topological polar surface area (TPSA) is 55.4 Å². The number of carbonyl (C=O) groups is 2. The lowest BCUT2D eigenvalue weighted by Crippen LogP contribution is -2.30. The lowest BCUT2D eigenvalue weighted by atomic mass is 10.2. The number of esters is 1. The third kappa shape index (κ3) is 3.53. The van der Waals surface area contributed by atoms with E-state index in [2.05, 4.69) is 21.2 Å². The van der Waals surface area contributed by atoms with Crippen LogP contribution in [0.2, 0.25) is 0 Å². The molecule has 96 valence electrons. The highest BCUT2D eigenvalue weighted by Crippen LogP contribution is 2.18. The molecule has 18 heavy (non-hydrogen) atoms. The molecule has 6 heteroatoms. The van der Waals surface area contributed by atoms with E-state index in [0.29, 0.717) is 4.47 Å². The molecule has 0 unspecified atom stereocenters. The first-order valence-electron chi connectivity index (χ1n) is 5.48. The summed E-state index contributed by atoms with van der Waals surface area (Å²) in [6.45, 7) is -0.384. The van der Waals surface area contributed by atoms with Gasteiger partial charge in [-0.15, -0.1) is 0 Å². The summed E-state index contributed by atoms with van der Waals surface area (Å²) >= 11 is 3.09. The lowest BCUT2D eigenvalue weighted by Gasteiger charge is -2.06. The van der Waals surface area contributed by atoms with Gasteiger partial charge in [0, 0.05) is 10.5 Å². The molecule has 1 N–H and O–H groups in total. The van der Waals surface area contributed by atoms with E-state index in [0.717, 1.165) is 12.8 Å². The Morgan fingerprint density at radius 2 is 2.17 bits per heavy atom. The van der Waals surface area contributed by atoms with Gasteiger partial charge in [-0.2, -0.15) is 0 Å². The van der Waals surface area contributed by atoms with Crippen LogP contribution in [-0.4, -0.2) is 24.5 Å². The molecule has 1 amide bonds. The first-order valence-corrected chi connectivity index (χ1v) is 6.27. The van der Waals surface area contributed by atoms with E-state index in [1.165, 1.54) is 18.2 Å². The van der Waals surface area contributed by atoms with Gasteiger partial charge in [0.05, 0.1) is 5.56 Å². The molecule has 0 bridgehead atoms. The highest BCUT2D eigenvalue weighted by Gasteiger charge is 2.24. The van der Waals surface area contributed by atoms with Gasteiger partial charge >= 0.3 is 5.97 Å². The van der Waals surface area contributed by atoms with Crippen LogP contribution in [0.1, 0.15) is 23.2 Å². The third-order valence-corrected chi connectivity index (χ3v) is 2.92. The zero-order valence-corrected chi connectivity index (χ0v) is 11.0. The van der Waals surface area contributed by atoms with Crippen molar-refractivity contribution in [3.63, 3.8) is 0 Å². The van der Waals surface area contributed by atoms with Crippen LogP contribution < -0.4 is 5.32 Å². The summed E-state index contributed by atoms with van der Waals surface area (Å²) < 4.78 is 18.7.